The lowest BCUT2D eigenvalue weighted by Crippen LogP contribution is -2.35. The van der Waals surface area contributed by atoms with Crippen molar-refractivity contribution in [3.8, 4) is 12.3 Å². The van der Waals surface area contributed by atoms with E-state index in [1.807, 2.05) is 6.92 Å². The molecule has 0 amide bonds. The molecule has 0 aromatic heterocycles. The van der Waals surface area contributed by atoms with Crippen LogP contribution in [0.25, 0.3) is 0 Å². The van der Waals surface area contributed by atoms with Crippen LogP contribution in [-0.2, 0) is 9.84 Å². The van der Waals surface area contributed by atoms with Crippen LogP contribution in [0.1, 0.15) is 31.4 Å². The van der Waals surface area contributed by atoms with Gasteiger partial charge in [0, 0.05) is 6.04 Å². The molecule has 1 aromatic carbocycles. The summed E-state index contributed by atoms with van der Waals surface area (Å²) in [5, 5.41) is 3.21. The molecule has 2 rings (SSSR count). The second-order valence-corrected chi connectivity index (χ2v) is 6.71. The molecule has 102 valence electrons. The molecule has 0 bridgehead atoms. The lowest BCUT2D eigenvalue weighted by Gasteiger charge is -2.28. The van der Waals surface area contributed by atoms with Crippen molar-refractivity contribution in [1.82, 2.24) is 5.32 Å². The van der Waals surface area contributed by atoms with E-state index in [2.05, 4.69) is 11.2 Å². The summed E-state index contributed by atoms with van der Waals surface area (Å²) >= 11 is 0. The van der Waals surface area contributed by atoms with Crippen LogP contribution in [0.5, 0.6) is 0 Å². The topological polar surface area (TPSA) is 46.2 Å². The molecule has 1 aromatic rings. The summed E-state index contributed by atoms with van der Waals surface area (Å²) < 4.78 is 37.3. The zero-order valence-corrected chi connectivity index (χ0v) is 11.5. The van der Waals surface area contributed by atoms with Gasteiger partial charge in [-0.25, -0.2) is 12.8 Å². The Morgan fingerprint density at radius 1 is 1.58 bits per heavy atom. The van der Waals surface area contributed by atoms with E-state index in [0.29, 0.717) is 12.0 Å². The number of fused-ring (bicyclic) bond motifs is 1. The van der Waals surface area contributed by atoms with E-state index in [-0.39, 0.29) is 22.7 Å². The molecule has 0 aliphatic carbocycles. The first-order chi connectivity index (χ1) is 8.97. The smallest absolute Gasteiger partial charge is 0.178 e. The van der Waals surface area contributed by atoms with E-state index in [1.54, 1.807) is 0 Å². The highest BCUT2D eigenvalue weighted by atomic mass is 32.2. The van der Waals surface area contributed by atoms with Gasteiger partial charge in [-0.15, -0.1) is 6.42 Å². The number of terminal acetylenes is 1. The van der Waals surface area contributed by atoms with Crippen LogP contribution in [0.2, 0.25) is 0 Å². The van der Waals surface area contributed by atoms with Gasteiger partial charge in [-0.05, 0) is 36.6 Å². The molecule has 0 saturated carbocycles. The molecule has 19 heavy (non-hydrogen) atoms. The third-order valence-electron chi connectivity index (χ3n) is 3.37. The number of hydrogen-bond donors (Lipinski definition) is 1. The molecule has 1 aliphatic heterocycles. The van der Waals surface area contributed by atoms with Crippen molar-refractivity contribution in [1.29, 1.82) is 0 Å². The summed E-state index contributed by atoms with van der Waals surface area (Å²) in [6.07, 6.45) is 6.55. The quantitative estimate of drug-likeness (QED) is 0.681. The van der Waals surface area contributed by atoms with Crippen LogP contribution in [0.15, 0.2) is 23.1 Å². The Morgan fingerprint density at radius 3 is 2.95 bits per heavy atom. The molecular formula is C14H16FNO2S. The molecular weight excluding hydrogens is 265 g/mol. The molecule has 0 fully saturated rings. The van der Waals surface area contributed by atoms with E-state index in [0.717, 1.165) is 6.42 Å². The maximum absolute atomic E-state index is 13.4. The number of halogens is 1. The maximum atomic E-state index is 13.4. The van der Waals surface area contributed by atoms with Gasteiger partial charge < -0.3 is 0 Å². The Hall–Kier alpha value is -1.38. The second-order valence-electron chi connectivity index (χ2n) is 4.64. The molecule has 0 radical (unpaired) electrons. The summed E-state index contributed by atoms with van der Waals surface area (Å²) in [5.74, 6) is 2.24. The monoisotopic (exact) mass is 281 g/mol. The van der Waals surface area contributed by atoms with E-state index >= 15 is 0 Å². The number of hydrogen-bond acceptors (Lipinski definition) is 3. The van der Waals surface area contributed by atoms with Crippen LogP contribution in [-0.4, -0.2) is 20.2 Å². The summed E-state index contributed by atoms with van der Waals surface area (Å²) in [5.41, 5.74) is 0.486. The molecule has 1 N–H and O–H groups in total. The normalized spacial score (nSPS) is 22.3. The van der Waals surface area contributed by atoms with Crippen molar-refractivity contribution in [3.05, 3.63) is 29.6 Å². The van der Waals surface area contributed by atoms with Crippen molar-refractivity contribution in [3.63, 3.8) is 0 Å². The largest absolute Gasteiger partial charge is 0.297 e. The van der Waals surface area contributed by atoms with Crippen molar-refractivity contribution in [2.24, 2.45) is 0 Å². The van der Waals surface area contributed by atoms with Crippen molar-refractivity contribution in [2.75, 3.05) is 5.75 Å². The Labute approximate surface area is 113 Å². The molecule has 0 saturated heterocycles. The van der Waals surface area contributed by atoms with Crippen molar-refractivity contribution in [2.45, 2.75) is 36.7 Å². The van der Waals surface area contributed by atoms with Crippen LogP contribution in [0.3, 0.4) is 0 Å². The van der Waals surface area contributed by atoms with E-state index in [9.17, 15) is 12.8 Å². The molecule has 2 unspecified atom stereocenters. The van der Waals surface area contributed by atoms with Gasteiger partial charge in [0.15, 0.2) is 9.84 Å². The highest BCUT2D eigenvalue weighted by Gasteiger charge is 2.31. The third kappa shape index (κ3) is 2.80. The minimum Gasteiger partial charge on any atom is -0.297 e. The second kappa shape index (κ2) is 5.32. The fourth-order valence-corrected chi connectivity index (χ4v) is 3.91. The van der Waals surface area contributed by atoms with Crippen LogP contribution in [0, 0.1) is 18.2 Å². The summed E-state index contributed by atoms with van der Waals surface area (Å²) in [4.78, 5) is 0.213. The summed E-state index contributed by atoms with van der Waals surface area (Å²) in [7, 11) is -3.30. The zero-order chi connectivity index (χ0) is 14.0. The predicted molar refractivity (Wildman–Crippen MR) is 71.9 cm³/mol. The minimum absolute atomic E-state index is 0.0598. The maximum Gasteiger partial charge on any atom is 0.178 e. The Kier molecular flexibility index (Phi) is 3.93. The summed E-state index contributed by atoms with van der Waals surface area (Å²) in [6.45, 7) is 1.95. The van der Waals surface area contributed by atoms with Gasteiger partial charge in [0.2, 0.25) is 0 Å². The van der Waals surface area contributed by atoms with E-state index in [4.69, 9.17) is 6.42 Å². The number of benzene rings is 1. The zero-order valence-electron chi connectivity index (χ0n) is 10.7. The van der Waals surface area contributed by atoms with Gasteiger partial charge in [-0.2, -0.15) is 0 Å². The molecule has 3 nitrogen and oxygen atoms in total. The van der Waals surface area contributed by atoms with Gasteiger partial charge in [0.05, 0.1) is 16.7 Å². The standard InChI is InChI=1S/C14H16FNO2S/c1-3-11(4-2)16-13-7-8-19(17,18)14-6-5-10(15)9-12(13)14/h1,5-6,9,11,13,16H,4,7-8H2,2H3. The molecule has 1 aliphatic rings. The lowest BCUT2D eigenvalue weighted by molar-refractivity contribution is 0.452. The number of nitrogens with one attached hydrogen (secondary N) is 1. The van der Waals surface area contributed by atoms with Crippen molar-refractivity contribution >= 4 is 9.84 Å². The summed E-state index contributed by atoms with van der Waals surface area (Å²) in [6, 6.07) is 3.45. The van der Waals surface area contributed by atoms with Crippen LogP contribution < -0.4 is 5.32 Å². The highest BCUT2D eigenvalue weighted by Crippen LogP contribution is 2.33. The highest BCUT2D eigenvalue weighted by molar-refractivity contribution is 7.91. The molecule has 5 heteroatoms. The Balaban J connectivity index is 2.41. The fourth-order valence-electron chi connectivity index (χ4n) is 2.31. The average molecular weight is 281 g/mol. The number of rotatable bonds is 3. The van der Waals surface area contributed by atoms with Gasteiger partial charge in [-0.3, -0.25) is 5.32 Å². The average Bonchev–Trinajstić information content (AvgIpc) is 2.38. The Bertz CT molecular complexity index is 619. The fraction of sp³-hybridized carbons (Fsp3) is 0.429. The first-order valence-corrected chi connectivity index (χ1v) is 7.87. The van der Waals surface area contributed by atoms with Gasteiger partial charge in [-0.1, -0.05) is 12.8 Å². The first kappa shape index (κ1) is 14.0. The van der Waals surface area contributed by atoms with Gasteiger partial charge in [0.1, 0.15) is 5.82 Å². The van der Waals surface area contributed by atoms with E-state index < -0.39 is 15.7 Å². The predicted octanol–water partition coefficient (Wildman–Crippen LogP) is 2.05. The molecule has 2 atom stereocenters. The minimum atomic E-state index is -3.30. The molecule has 1 heterocycles. The first-order valence-electron chi connectivity index (χ1n) is 6.22. The molecule has 0 spiro atoms. The van der Waals surface area contributed by atoms with Gasteiger partial charge in [0.25, 0.3) is 0 Å². The van der Waals surface area contributed by atoms with Crippen molar-refractivity contribution < 1.29 is 12.8 Å². The van der Waals surface area contributed by atoms with Crippen LogP contribution >= 0.6 is 0 Å². The Morgan fingerprint density at radius 2 is 2.32 bits per heavy atom. The SMILES string of the molecule is C#CC(CC)NC1CCS(=O)(=O)c2ccc(F)cc21. The number of sulfone groups is 1. The van der Waals surface area contributed by atoms with Gasteiger partial charge >= 0.3 is 0 Å². The van der Waals surface area contributed by atoms with Crippen LogP contribution in [0.4, 0.5) is 4.39 Å². The van der Waals surface area contributed by atoms with E-state index in [1.165, 1.54) is 18.2 Å². The third-order valence-corrected chi connectivity index (χ3v) is 5.18. The lowest BCUT2D eigenvalue weighted by atomic mass is 10.0.